The van der Waals surface area contributed by atoms with Crippen molar-refractivity contribution in [3.05, 3.63) is 35.9 Å². The number of nitrogens with zero attached hydrogens (tertiary/aromatic N) is 1. The summed E-state index contributed by atoms with van der Waals surface area (Å²) in [5, 5.41) is 10.3. The fourth-order valence-electron chi connectivity index (χ4n) is 3.20. The molecule has 1 aromatic rings. The van der Waals surface area contributed by atoms with Crippen molar-refractivity contribution in [2.45, 2.75) is 57.6 Å². The van der Waals surface area contributed by atoms with Gasteiger partial charge in [-0.1, -0.05) is 56.5 Å². The average molecular weight is 261 g/mol. The molecule has 2 nitrogen and oxygen atoms in total. The van der Waals surface area contributed by atoms with E-state index < -0.39 is 0 Å². The van der Waals surface area contributed by atoms with E-state index in [1.54, 1.807) is 0 Å². The Morgan fingerprint density at radius 2 is 1.84 bits per heavy atom. The maximum Gasteiger partial charge on any atom is 0.0707 e. The fraction of sp³-hybridized carbons (Fsp3) is 0.647. The number of benzene rings is 1. The molecule has 0 amide bonds. The van der Waals surface area contributed by atoms with Crippen LogP contribution in [0.1, 0.15) is 44.6 Å². The van der Waals surface area contributed by atoms with Gasteiger partial charge in [-0.3, -0.25) is 4.90 Å². The summed E-state index contributed by atoms with van der Waals surface area (Å²) in [5.41, 5.74) is 1.23. The van der Waals surface area contributed by atoms with Gasteiger partial charge < -0.3 is 5.11 Å². The Morgan fingerprint density at radius 3 is 2.47 bits per heavy atom. The Bertz CT molecular complexity index is 346. The van der Waals surface area contributed by atoms with Crippen molar-refractivity contribution in [2.24, 2.45) is 0 Å². The molecule has 0 saturated heterocycles. The van der Waals surface area contributed by atoms with Crippen LogP contribution < -0.4 is 0 Å². The van der Waals surface area contributed by atoms with Gasteiger partial charge in [-0.2, -0.15) is 0 Å². The topological polar surface area (TPSA) is 23.5 Å². The Labute approximate surface area is 117 Å². The van der Waals surface area contributed by atoms with Crippen LogP contribution in [-0.4, -0.2) is 35.2 Å². The summed E-state index contributed by atoms with van der Waals surface area (Å²) in [6.07, 6.45) is 7.25. The molecule has 1 unspecified atom stereocenters. The lowest BCUT2D eigenvalue weighted by atomic mass is 9.93. The normalized spacial score (nSPS) is 18.7. The summed E-state index contributed by atoms with van der Waals surface area (Å²) >= 11 is 0. The average Bonchev–Trinajstić information content (AvgIpc) is 2.47. The Morgan fingerprint density at radius 1 is 1.16 bits per heavy atom. The van der Waals surface area contributed by atoms with Crippen LogP contribution in [-0.2, 0) is 6.42 Å². The molecule has 1 aliphatic carbocycles. The molecule has 1 atom stereocenters. The molecule has 1 fully saturated rings. The van der Waals surface area contributed by atoms with E-state index in [1.165, 1.54) is 37.7 Å². The SMILES string of the molecule is CCN(CC(O)Cc1ccccc1)C1CCCCC1. The minimum Gasteiger partial charge on any atom is -0.391 e. The van der Waals surface area contributed by atoms with Crippen molar-refractivity contribution in [2.75, 3.05) is 13.1 Å². The Hall–Kier alpha value is -0.860. The van der Waals surface area contributed by atoms with Gasteiger partial charge in [0.1, 0.15) is 0 Å². The van der Waals surface area contributed by atoms with E-state index >= 15 is 0 Å². The van der Waals surface area contributed by atoms with Crippen molar-refractivity contribution in [1.29, 1.82) is 0 Å². The second-order valence-electron chi connectivity index (χ2n) is 5.72. The highest BCUT2D eigenvalue weighted by Gasteiger charge is 2.21. The number of aliphatic hydroxyl groups excluding tert-OH is 1. The predicted octanol–water partition coefficient (Wildman–Crippen LogP) is 3.24. The van der Waals surface area contributed by atoms with E-state index in [1.807, 2.05) is 18.2 Å². The number of likely N-dealkylation sites (N-methyl/N-ethyl adjacent to an activating group) is 1. The number of hydrogen-bond donors (Lipinski definition) is 1. The van der Waals surface area contributed by atoms with E-state index in [4.69, 9.17) is 0 Å². The summed E-state index contributed by atoms with van der Waals surface area (Å²) in [6.45, 7) is 4.08. The molecule has 1 aromatic carbocycles. The third-order valence-corrected chi connectivity index (χ3v) is 4.26. The second kappa shape index (κ2) is 7.66. The first-order chi connectivity index (χ1) is 9.29. The first-order valence-electron chi connectivity index (χ1n) is 7.75. The third-order valence-electron chi connectivity index (χ3n) is 4.26. The van der Waals surface area contributed by atoms with E-state index in [9.17, 15) is 5.11 Å². The van der Waals surface area contributed by atoms with Crippen LogP contribution >= 0.6 is 0 Å². The van der Waals surface area contributed by atoms with Gasteiger partial charge in [0.25, 0.3) is 0 Å². The number of rotatable bonds is 6. The van der Waals surface area contributed by atoms with Gasteiger partial charge in [0.05, 0.1) is 6.10 Å². The monoisotopic (exact) mass is 261 g/mol. The largest absolute Gasteiger partial charge is 0.391 e. The van der Waals surface area contributed by atoms with Gasteiger partial charge in [0.15, 0.2) is 0 Å². The first kappa shape index (κ1) is 14.5. The Balaban J connectivity index is 1.83. The molecule has 0 bridgehead atoms. The number of hydrogen-bond acceptors (Lipinski definition) is 2. The summed E-state index contributed by atoms with van der Waals surface area (Å²) in [5.74, 6) is 0. The fourth-order valence-corrected chi connectivity index (χ4v) is 3.20. The van der Waals surface area contributed by atoms with Crippen molar-refractivity contribution in [3.8, 4) is 0 Å². The van der Waals surface area contributed by atoms with Gasteiger partial charge in [-0.25, -0.2) is 0 Å². The highest BCUT2D eigenvalue weighted by molar-refractivity contribution is 5.15. The highest BCUT2D eigenvalue weighted by atomic mass is 16.3. The van der Waals surface area contributed by atoms with Crippen LogP contribution in [0.5, 0.6) is 0 Å². The highest BCUT2D eigenvalue weighted by Crippen LogP contribution is 2.22. The van der Waals surface area contributed by atoms with Crippen molar-refractivity contribution in [1.82, 2.24) is 4.90 Å². The van der Waals surface area contributed by atoms with Gasteiger partial charge in [-0.05, 0) is 31.4 Å². The molecule has 2 rings (SSSR count). The van der Waals surface area contributed by atoms with E-state index in [-0.39, 0.29) is 6.10 Å². The maximum atomic E-state index is 10.3. The predicted molar refractivity (Wildman–Crippen MR) is 80.3 cm³/mol. The molecule has 19 heavy (non-hydrogen) atoms. The summed E-state index contributed by atoms with van der Waals surface area (Å²) in [7, 11) is 0. The second-order valence-corrected chi connectivity index (χ2v) is 5.72. The third kappa shape index (κ3) is 4.63. The van der Waals surface area contributed by atoms with Crippen molar-refractivity contribution in [3.63, 3.8) is 0 Å². The van der Waals surface area contributed by atoms with E-state index in [2.05, 4.69) is 24.0 Å². The summed E-state index contributed by atoms with van der Waals surface area (Å²) in [6, 6.07) is 11.0. The maximum absolute atomic E-state index is 10.3. The zero-order valence-electron chi connectivity index (χ0n) is 12.1. The zero-order chi connectivity index (χ0) is 13.5. The number of aliphatic hydroxyl groups is 1. The molecule has 106 valence electrons. The molecule has 0 aliphatic heterocycles. The van der Waals surface area contributed by atoms with Crippen LogP contribution in [0.3, 0.4) is 0 Å². The molecule has 0 aromatic heterocycles. The van der Waals surface area contributed by atoms with Crippen LogP contribution in [0.4, 0.5) is 0 Å². The van der Waals surface area contributed by atoms with Gasteiger partial charge in [0, 0.05) is 12.6 Å². The lowest BCUT2D eigenvalue weighted by molar-refractivity contribution is 0.0770. The Kier molecular flexibility index (Phi) is 5.87. The van der Waals surface area contributed by atoms with Crippen LogP contribution in [0.15, 0.2) is 30.3 Å². The smallest absolute Gasteiger partial charge is 0.0707 e. The lowest BCUT2D eigenvalue weighted by Crippen LogP contribution is -2.42. The quantitative estimate of drug-likeness (QED) is 0.849. The minimum absolute atomic E-state index is 0.246. The van der Waals surface area contributed by atoms with Crippen molar-refractivity contribution < 1.29 is 5.11 Å². The van der Waals surface area contributed by atoms with Gasteiger partial charge in [-0.15, -0.1) is 0 Å². The van der Waals surface area contributed by atoms with Crippen LogP contribution in [0, 0.1) is 0 Å². The van der Waals surface area contributed by atoms with Gasteiger partial charge in [0.2, 0.25) is 0 Å². The van der Waals surface area contributed by atoms with E-state index in [0.717, 1.165) is 19.5 Å². The van der Waals surface area contributed by atoms with E-state index in [0.29, 0.717) is 6.04 Å². The molecule has 0 spiro atoms. The molecule has 1 saturated carbocycles. The van der Waals surface area contributed by atoms with Crippen LogP contribution in [0.25, 0.3) is 0 Å². The minimum atomic E-state index is -0.246. The molecular weight excluding hydrogens is 234 g/mol. The van der Waals surface area contributed by atoms with Gasteiger partial charge >= 0.3 is 0 Å². The standard InChI is InChI=1S/C17H27NO/c1-2-18(16-11-7-4-8-12-16)14-17(19)13-15-9-5-3-6-10-15/h3,5-6,9-10,16-17,19H,2,4,7-8,11-14H2,1H3. The van der Waals surface area contributed by atoms with Crippen LogP contribution in [0.2, 0.25) is 0 Å². The van der Waals surface area contributed by atoms with Crippen molar-refractivity contribution >= 4 is 0 Å². The molecule has 2 heteroatoms. The summed E-state index contributed by atoms with van der Waals surface area (Å²) < 4.78 is 0. The lowest BCUT2D eigenvalue weighted by Gasteiger charge is -2.34. The zero-order valence-corrected chi connectivity index (χ0v) is 12.1. The molecule has 0 radical (unpaired) electrons. The summed E-state index contributed by atoms with van der Waals surface area (Å²) in [4.78, 5) is 2.48. The molecule has 0 heterocycles. The first-order valence-corrected chi connectivity index (χ1v) is 7.75. The molecule has 1 N–H and O–H groups in total. The molecule has 1 aliphatic rings. The molecular formula is C17H27NO.